The largest absolute Gasteiger partial charge is 0.489 e. The molecular formula is C21H20FNO4S. The van der Waals surface area contributed by atoms with Gasteiger partial charge in [-0.1, -0.05) is 23.9 Å². The highest BCUT2D eigenvalue weighted by Gasteiger charge is 2.33. The molecule has 0 aliphatic carbocycles. The predicted molar refractivity (Wildman–Crippen MR) is 104 cm³/mol. The van der Waals surface area contributed by atoms with Crippen LogP contribution in [0.1, 0.15) is 24.5 Å². The van der Waals surface area contributed by atoms with Crippen LogP contribution in [0.25, 0.3) is 0 Å². The Morgan fingerprint density at radius 3 is 2.71 bits per heavy atom. The number of rotatable bonds is 5. The van der Waals surface area contributed by atoms with E-state index >= 15 is 0 Å². The van der Waals surface area contributed by atoms with E-state index in [0.717, 1.165) is 35.7 Å². The monoisotopic (exact) mass is 401 g/mol. The summed E-state index contributed by atoms with van der Waals surface area (Å²) in [5, 5.41) is -0.201. The summed E-state index contributed by atoms with van der Waals surface area (Å²) in [7, 11) is 0. The van der Waals surface area contributed by atoms with Crippen LogP contribution in [-0.4, -0.2) is 34.0 Å². The molecule has 2 aliphatic rings. The van der Waals surface area contributed by atoms with Crippen molar-refractivity contribution in [2.75, 3.05) is 12.4 Å². The molecule has 0 spiro atoms. The minimum Gasteiger partial charge on any atom is -0.489 e. The van der Waals surface area contributed by atoms with Crippen molar-refractivity contribution in [2.45, 2.75) is 31.9 Å². The maximum Gasteiger partial charge on any atom is 0.289 e. The number of amides is 2. The Kier molecular flexibility index (Phi) is 5.02. The lowest BCUT2D eigenvalue weighted by Gasteiger charge is -2.35. The molecule has 0 radical (unpaired) electrons. The smallest absolute Gasteiger partial charge is 0.289 e. The van der Waals surface area contributed by atoms with Gasteiger partial charge in [-0.25, -0.2) is 4.39 Å². The van der Waals surface area contributed by atoms with Crippen LogP contribution in [-0.2, 0) is 17.8 Å². The lowest BCUT2D eigenvalue weighted by molar-refractivity contribution is -0.125. The third-order valence-corrected chi connectivity index (χ3v) is 5.81. The molecule has 1 saturated heterocycles. The van der Waals surface area contributed by atoms with Crippen molar-refractivity contribution < 1.29 is 23.5 Å². The lowest BCUT2D eigenvalue weighted by atomic mass is 9.93. The molecule has 1 unspecified atom stereocenters. The average molecular weight is 401 g/mol. The molecule has 0 N–H and O–H groups in total. The molecular weight excluding hydrogens is 381 g/mol. The summed E-state index contributed by atoms with van der Waals surface area (Å²) in [5.74, 6) is 1.20. The lowest BCUT2D eigenvalue weighted by Crippen LogP contribution is -2.42. The average Bonchev–Trinajstić information content (AvgIpc) is 3.00. The molecule has 146 valence electrons. The Morgan fingerprint density at radius 1 is 1.21 bits per heavy atom. The second-order valence-corrected chi connectivity index (χ2v) is 8.20. The van der Waals surface area contributed by atoms with Gasteiger partial charge >= 0.3 is 0 Å². The van der Waals surface area contributed by atoms with Crippen molar-refractivity contribution in [3.05, 3.63) is 59.4 Å². The van der Waals surface area contributed by atoms with Crippen LogP contribution in [0.4, 0.5) is 9.18 Å². The predicted octanol–water partition coefficient (Wildman–Crippen LogP) is 4.18. The van der Waals surface area contributed by atoms with Gasteiger partial charge in [-0.05, 0) is 61.2 Å². The number of imide groups is 1. The number of carbonyl (C=O) groups excluding carboxylic acids is 2. The second kappa shape index (κ2) is 7.47. The van der Waals surface area contributed by atoms with E-state index in [-0.39, 0.29) is 29.3 Å². The number of benzene rings is 2. The zero-order valence-electron chi connectivity index (χ0n) is 15.4. The summed E-state index contributed by atoms with van der Waals surface area (Å²) in [5.41, 5.74) is 1.26. The van der Waals surface area contributed by atoms with Gasteiger partial charge in [0.25, 0.3) is 5.24 Å². The van der Waals surface area contributed by atoms with Crippen LogP contribution >= 0.6 is 11.8 Å². The number of thioether (sulfide) groups is 1. The highest BCUT2D eigenvalue weighted by molar-refractivity contribution is 8.14. The first kappa shape index (κ1) is 18.8. The van der Waals surface area contributed by atoms with Crippen LogP contribution in [0, 0.1) is 5.82 Å². The van der Waals surface area contributed by atoms with Crippen LogP contribution in [0.15, 0.2) is 42.5 Å². The summed E-state index contributed by atoms with van der Waals surface area (Å²) in [6, 6.07) is 11.9. The second-order valence-electron chi connectivity index (χ2n) is 7.27. The molecule has 1 atom stereocenters. The van der Waals surface area contributed by atoms with Crippen LogP contribution in [0.2, 0.25) is 0 Å². The van der Waals surface area contributed by atoms with Crippen molar-refractivity contribution in [1.82, 2.24) is 4.90 Å². The first-order valence-electron chi connectivity index (χ1n) is 9.08. The topological polar surface area (TPSA) is 55.8 Å². The Bertz CT molecular complexity index is 901. The molecule has 2 aromatic rings. The summed E-state index contributed by atoms with van der Waals surface area (Å²) in [6.45, 7) is 2.62. The fourth-order valence-electron chi connectivity index (χ4n) is 3.30. The number of hydrogen-bond acceptors (Lipinski definition) is 5. The Morgan fingerprint density at radius 2 is 2.00 bits per heavy atom. The van der Waals surface area contributed by atoms with Gasteiger partial charge in [-0.2, -0.15) is 0 Å². The number of fused-ring (bicyclic) bond motifs is 1. The molecule has 0 bridgehead atoms. The SMILES string of the molecule is CC1(COc2ccc(CN3C(=O)CSC3=O)cc2)CCc2cc(F)ccc2O1. The van der Waals surface area contributed by atoms with Crippen LogP contribution < -0.4 is 9.47 Å². The summed E-state index contributed by atoms with van der Waals surface area (Å²) < 4.78 is 25.3. The molecule has 0 saturated carbocycles. The Balaban J connectivity index is 1.35. The molecule has 7 heteroatoms. The van der Waals surface area contributed by atoms with Gasteiger partial charge in [0.05, 0.1) is 12.3 Å². The van der Waals surface area contributed by atoms with E-state index in [1.165, 1.54) is 17.0 Å². The molecule has 28 heavy (non-hydrogen) atoms. The fourth-order valence-corrected chi connectivity index (χ4v) is 4.03. The minimum atomic E-state index is -0.491. The van der Waals surface area contributed by atoms with Gasteiger partial charge in [-0.3, -0.25) is 14.5 Å². The van der Waals surface area contributed by atoms with Gasteiger partial charge in [0.2, 0.25) is 5.91 Å². The van der Waals surface area contributed by atoms with E-state index in [0.29, 0.717) is 18.1 Å². The molecule has 4 rings (SSSR count). The number of hydrogen-bond donors (Lipinski definition) is 0. The van der Waals surface area contributed by atoms with E-state index in [1.54, 1.807) is 6.07 Å². The third-order valence-electron chi connectivity index (χ3n) is 4.95. The zero-order valence-corrected chi connectivity index (χ0v) is 16.3. The molecule has 2 heterocycles. The molecule has 2 aliphatic heterocycles. The maximum absolute atomic E-state index is 13.3. The standard InChI is InChI=1S/C21H20FNO4S/c1-21(9-8-15-10-16(22)4-7-18(15)27-21)13-26-17-5-2-14(3-6-17)11-23-19(24)12-28-20(23)25/h2-7,10H,8-9,11-13H2,1H3. The molecule has 1 fully saturated rings. The molecule has 2 amide bonds. The first-order valence-corrected chi connectivity index (χ1v) is 10.1. The highest BCUT2D eigenvalue weighted by Crippen LogP contribution is 2.34. The van der Waals surface area contributed by atoms with Crippen LogP contribution in [0.5, 0.6) is 11.5 Å². The third kappa shape index (κ3) is 3.99. The van der Waals surface area contributed by atoms with Crippen molar-refractivity contribution in [3.8, 4) is 11.5 Å². The molecule has 5 nitrogen and oxygen atoms in total. The van der Waals surface area contributed by atoms with E-state index in [9.17, 15) is 14.0 Å². The highest BCUT2D eigenvalue weighted by atomic mass is 32.2. The van der Waals surface area contributed by atoms with E-state index in [2.05, 4.69) is 0 Å². The first-order chi connectivity index (χ1) is 13.4. The maximum atomic E-state index is 13.3. The summed E-state index contributed by atoms with van der Waals surface area (Å²) in [4.78, 5) is 24.6. The number of carbonyl (C=O) groups is 2. The van der Waals surface area contributed by atoms with E-state index < -0.39 is 5.60 Å². The van der Waals surface area contributed by atoms with Gasteiger partial charge < -0.3 is 9.47 Å². The zero-order chi connectivity index (χ0) is 19.7. The number of nitrogens with zero attached hydrogens (tertiary/aromatic N) is 1. The number of halogens is 1. The summed E-state index contributed by atoms with van der Waals surface area (Å²) >= 11 is 1.03. The Labute approximate surface area is 166 Å². The van der Waals surface area contributed by atoms with Gasteiger partial charge in [0.15, 0.2) is 0 Å². The number of ether oxygens (including phenoxy) is 2. The Hall–Kier alpha value is -2.54. The van der Waals surface area contributed by atoms with Crippen molar-refractivity contribution in [2.24, 2.45) is 0 Å². The van der Waals surface area contributed by atoms with Gasteiger partial charge in [-0.15, -0.1) is 0 Å². The quantitative estimate of drug-likeness (QED) is 0.752. The van der Waals surface area contributed by atoms with Crippen molar-refractivity contribution >= 4 is 22.9 Å². The van der Waals surface area contributed by atoms with Crippen molar-refractivity contribution in [3.63, 3.8) is 0 Å². The van der Waals surface area contributed by atoms with E-state index in [1.807, 2.05) is 31.2 Å². The van der Waals surface area contributed by atoms with Crippen LogP contribution in [0.3, 0.4) is 0 Å². The normalized spacial score (nSPS) is 21.4. The van der Waals surface area contributed by atoms with Crippen molar-refractivity contribution in [1.29, 1.82) is 0 Å². The summed E-state index contributed by atoms with van der Waals surface area (Å²) in [6.07, 6.45) is 1.47. The fraction of sp³-hybridized carbons (Fsp3) is 0.333. The number of aryl methyl sites for hydroxylation is 1. The molecule has 2 aromatic carbocycles. The minimum absolute atomic E-state index is 0.155. The van der Waals surface area contributed by atoms with Gasteiger partial charge in [0.1, 0.15) is 29.5 Å². The van der Waals surface area contributed by atoms with E-state index in [4.69, 9.17) is 9.47 Å². The van der Waals surface area contributed by atoms with Gasteiger partial charge in [0, 0.05) is 0 Å². The molecule has 0 aromatic heterocycles.